The molecule has 2 N–H and O–H groups in total. The van der Waals surface area contributed by atoms with Gasteiger partial charge in [0.1, 0.15) is 0 Å². The lowest BCUT2D eigenvalue weighted by Crippen LogP contribution is -1.99. The molecule has 1 aliphatic rings. The van der Waals surface area contributed by atoms with Crippen molar-refractivity contribution in [2.24, 2.45) is 0 Å². The summed E-state index contributed by atoms with van der Waals surface area (Å²) < 4.78 is 0. The Morgan fingerprint density at radius 2 is 1.11 bits per heavy atom. The SMILES string of the molecule is C1=CCCCC1.O=C(O)c1ccc(C(=O)O)cc1. The molecule has 1 aromatic rings. The average molecular weight is 248 g/mol. The first kappa shape index (κ1) is 14.0. The van der Waals surface area contributed by atoms with E-state index in [-0.39, 0.29) is 11.1 Å². The Balaban J connectivity index is 0.000000225. The molecule has 0 amide bonds. The maximum absolute atomic E-state index is 10.3. The molecule has 0 saturated heterocycles. The molecule has 0 aliphatic heterocycles. The summed E-state index contributed by atoms with van der Waals surface area (Å²) in [6, 6.07) is 5.02. The Bertz CT molecular complexity index is 391. The molecule has 4 heteroatoms. The maximum Gasteiger partial charge on any atom is 0.335 e. The van der Waals surface area contributed by atoms with Gasteiger partial charge >= 0.3 is 11.9 Å². The van der Waals surface area contributed by atoms with E-state index >= 15 is 0 Å². The Labute approximate surface area is 106 Å². The van der Waals surface area contributed by atoms with E-state index in [4.69, 9.17) is 10.2 Å². The van der Waals surface area contributed by atoms with Crippen LogP contribution in [0, 0.1) is 0 Å². The number of carbonyl (C=O) groups is 2. The van der Waals surface area contributed by atoms with Gasteiger partial charge in [-0.15, -0.1) is 0 Å². The third kappa shape index (κ3) is 4.82. The van der Waals surface area contributed by atoms with Gasteiger partial charge < -0.3 is 10.2 Å². The predicted octanol–water partition coefficient (Wildman–Crippen LogP) is 3.20. The Hall–Kier alpha value is -2.10. The van der Waals surface area contributed by atoms with Crippen LogP contribution in [-0.4, -0.2) is 22.2 Å². The average Bonchev–Trinajstić information content (AvgIpc) is 2.41. The molecular formula is C14H16O4. The number of carboxylic acids is 2. The molecule has 4 nitrogen and oxygen atoms in total. The summed E-state index contributed by atoms with van der Waals surface area (Å²) in [5.41, 5.74) is 0.167. The van der Waals surface area contributed by atoms with Crippen LogP contribution in [0.4, 0.5) is 0 Å². The largest absolute Gasteiger partial charge is 0.478 e. The van der Waals surface area contributed by atoms with Crippen LogP contribution >= 0.6 is 0 Å². The van der Waals surface area contributed by atoms with Crippen molar-refractivity contribution in [3.05, 3.63) is 47.5 Å². The molecule has 0 bridgehead atoms. The van der Waals surface area contributed by atoms with Crippen molar-refractivity contribution >= 4 is 11.9 Å². The zero-order valence-corrected chi connectivity index (χ0v) is 10.0. The molecule has 0 atom stereocenters. The molecule has 0 radical (unpaired) electrons. The highest BCUT2D eigenvalue weighted by molar-refractivity contribution is 5.91. The van der Waals surface area contributed by atoms with Crippen molar-refractivity contribution in [1.82, 2.24) is 0 Å². The maximum atomic E-state index is 10.3. The molecule has 0 saturated carbocycles. The number of hydrogen-bond donors (Lipinski definition) is 2. The molecule has 1 aliphatic carbocycles. The Morgan fingerprint density at radius 1 is 0.778 bits per heavy atom. The fraction of sp³-hybridized carbons (Fsp3) is 0.286. The van der Waals surface area contributed by atoms with Gasteiger partial charge in [-0.2, -0.15) is 0 Å². The second-order valence-corrected chi connectivity index (χ2v) is 3.94. The fourth-order valence-electron chi connectivity index (χ4n) is 1.52. The molecular weight excluding hydrogens is 232 g/mol. The number of hydrogen-bond acceptors (Lipinski definition) is 2. The van der Waals surface area contributed by atoms with Crippen LogP contribution in [0.25, 0.3) is 0 Å². The highest BCUT2D eigenvalue weighted by atomic mass is 16.4. The van der Waals surface area contributed by atoms with Gasteiger partial charge in [0.15, 0.2) is 0 Å². The molecule has 0 unspecified atom stereocenters. The van der Waals surface area contributed by atoms with Gasteiger partial charge in [-0.25, -0.2) is 9.59 Å². The minimum atomic E-state index is -1.06. The lowest BCUT2D eigenvalue weighted by Gasteiger charge is -1.97. The zero-order valence-electron chi connectivity index (χ0n) is 10.0. The first-order valence-electron chi connectivity index (χ1n) is 5.83. The van der Waals surface area contributed by atoms with Crippen LogP contribution in [0.5, 0.6) is 0 Å². The quantitative estimate of drug-likeness (QED) is 0.788. The van der Waals surface area contributed by atoms with E-state index in [1.807, 2.05) is 0 Å². The monoisotopic (exact) mass is 248 g/mol. The van der Waals surface area contributed by atoms with Crippen LogP contribution < -0.4 is 0 Å². The van der Waals surface area contributed by atoms with Gasteiger partial charge in [0, 0.05) is 0 Å². The van der Waals surface area contributed by atoms with E-state index < -0.39 is 11.9 Å². The van der Waals surface area contributed by atoms with Gasteiger partial charge in [0.25, 0.3) is 0 Å². The second kappa shape index (κ2) is 7.27. The van der Waals surface area contributed by atoms with Crippen molar-refractivity contribution in [2.45, 2.75) is 25.7 Å². The van der Waals surface area contributed by atoms with Gasteiger partial charge in [0.05, 0.1) is 11.1 Å². The number of benzene rings is 1. The van der Waals surface area contributed by atoms with E-state index in [1.54, 1.807) is 0 Å². The molecule has 2 rings (SSSR count). The number of rotatable bonds is 2. The molecule has 0 aromatic heterocycles. The Morgan fingerprint density at radius 3 is 1.28 bits per heavy atom. The van der Waals surface area contributed by atoms with E-state index in [0.717, 1.165) is 0 Å². The van der Waals surface area contributed by atoms with Gasteiger partial charge in [-0.3, -0.25) is 0 Å². The number of carboxylic acid groups (broad SMARTS) is 2. The smallest absolute Gasteiger partial charge is 0.335 e. The van der Waals surface area contributed by atoms with Crippen LogP contribution in [0.3, 0.4) is 0 Å². The molecule has 0 heterocycles. The summed E-state index contributed by atoms with van der Waals surface area (Å²) in [5.74, 6) is -2.13. The third-order valence-corrected chi connectivity index (χ3v) is 2.54. The highest BCUT2D eigenvalue weighted by Gasteiger charge is 2.04. The number of aromatic carboxylic acids is 2. The summed E-state index contributed by atoms with van der Waals surface area (Å²) in [4.78, 5) is 20.7. The highest BCUT2D eigenvalue weighted by Crippen LogP contribution is 2.07. The topological polar surface area (TPSA) is 74.6 Å². The zero-order chi connectivity index (χ0) is 13.4. The lowest BCUT2D eigenvalue weighted by molar-refractivity contribution is 0.0681. The second-order valence-electron chi connectivity index (χ2n) is 3.94. The molecule has 0 spiro atoms. The van der Waals surface area contributed by atoms with Gasteiger partial charge in [-0.05, 0) is 49.9 Å². The van der Waals surface area contributed by atoms with E-state index in [1.165, 1.54) is 49.9 Å². The first-order chi connectivity index (χ1) is 8.61. The van der Waals surface area contributed by atoms with Crippen molar-refractivity contribution in [2.75, 3.05) is 0 Å². The predicted molar refractivity (Wildman–Crippen MR) is 68.0 cm³/mol. The van der Waals surface area contributed by atoms with Crippen molar-refractivity contribution in [1.29, 1.82) is 0 Å². The minimum Gasteiger partial charge on any atom is -0.478 e. The summed E-state index contributed by atoms with van der Waals surface area (Å²) in [5, 5.41) is 16.9. The minimum absolute atomic E-state index is 0.0833. The molecule has 96 valence electrons. The summed E-state index contributed by atoms with van der Waals surface area (Å²) in [6.07, 6.45) is 10.0. The van der Waals surface area contributed by atoms with Gasteiger partial charge in [-0.1, -0.05) is 12.2 Å². The van der Waals surface area contributed by atoms with Crippen LogP contribution in [-0.2, 0) is 0 Å². The fourth-order valence-corrected chi connectivity index (χ4v) is 1.52. The molecule has 18 heavy (non-hydrogen) atoms. The third-order valence-electron chi connectivity index (χ3n) is 2.54. The Kier molecular flexibility index (Phi) is 5.64. The van der Waals surface area contributed by atoms with E-state index in [9.17, 15) is 9.59 Å². The summed E-state index contributed by atoms with van der Waals surface area (Å²) in [6.45, 7) is 0. The molecule has 0 fully saturated rings. The van der Waals surface area contributed by atoms with E-state index in [0.29, 0.717) is 0 Å². The van der Waals surface area contributed by atoms with Crippen LogP contribution in [0.2, 0.25) is 0 Å². The number of allylic oxidation sites excluding steroid dienone is 2. The van der Waals surface area contributed by atoms with Crippen molar-refractivity contribution < 1.29 is 19.8 Å². The lowest BCUT2D eigenvalue weighted by atomic mass is 10.1. The summed E-state index contributed by atoms with van der Waals surface area (Å²) in [7, 11) is 0. The first-order valence-corrected chi connectivity index (χ1v) is 5.83. The standard InChI is InChI=1S/C8H6O4.C6H10/c9-7(10)5-1-2-6(4-3-5)8(11)12;1-2-4-6-5-3-1/h1-4H,(H,9,10)(H,11,12);1-2H,3-6H2. The van der Waals surface area contributed by atoms with Crippen LogP contribution in [0.15, 0.2) is 36.4 Å². The molecule has 1 aromatic carbocycles. The summed E-state index contributed by atoms with van der Waals surface area (Å²) >= 11 is 0. The van der Waals surface area contributed by atoms with Crippen molar-refractivity contribution in [3.8, 4) is 0 Å². The van der Waals surface area contributed by atoms with E-state index in [2.05, 4.69) is 12.2 Å². The normalized spacial score (nSPS) is 13.3. The van der Waals surface area contributed by atoms with Crippen molar-refractivity contribution in [3.63, 3.8) is 0 Å². The van der Waals surface area contributed by atoms with Crippen LogP contribution in [0.1, 0.15) is 46.4 Å². The van der Waals surface area contributed by atoms with Gasteiger partial charge in [0.2, 0.25) is 0 Å².